The van der Waals surface area contributed by atoms with Crippen molar-refractivity contribution in [2.45, 2.75) is 25.7 Å². The first-order valence-electron chi connectivity index (χ1n) is 8.54. The molecule has 0 radical (unpaired) electrons. The molecule has 1 heterocycles. The van der Waals surface area contributed by atoms with Gasteiger partial charge >= 0.3 is 12.4 Å². The molecule has 0 saturated heterocycles. The van der Waals surface area contributed by atoms with E-state index in [9.17, 15) is 26.3 Å². The Balaban J connectivity index is 2.06. The second-order valence-electron chi connectivity index (χ2n) is 6.69. The third kappa shape index (κ3) is 4.60. The number of benzene rings is 1. The van der Waals surface area contributed by atoms with Crippen molar-refractivity contribution < 1.29 is 26.3 Å². The minimum Gasteiger partial charge on any atom is -0.386 e. The van der Waals surface area contributed by atoms with Crippen LogP contribution in [0.3, 0.4) is 0 Å². The molecule has 1 unspecified atom stereocenters. The van der Waals surface area contributed by atoms with Crippen molar-refractivity contribution in [3.05, 3.63) is 57.9 Å². The molecule has 29 heavy (non-hydrogen) atoms. The number of halogens is 7. The Kier molecular flexibility index (Phi) is 5.46. The van der Waals surface area contributed by atoms with Crippen LogP contribution in [0, 0.1) is 5.92 Å². The van der Waals surface area contributed by atoms with Gasteiger partial charge in [0.2, 0.25) is 0 Å². The lowest BCUT2D eigenvalue weighted by atomic mass is 10.1. The van der Waals surface area contributed by atoms with Crippen LogP contribution in [0.4, 0.5) is 37.7 Å². The minimum absolute atomic E-state index is 0.0541. The zero-order chi connectivity index (χ0) is 21.6. The van der Waals surface area contributed by atoms with E-state index in [1.54, 1.807) is 7.05 Å². The molecule has 156 valence electrons. The van der Waals surface area contributed by atoms with Gasteiger partial charge in [-0.25, -0.2) is 0 Å². The molecular weight excluding hydrogens is 420 g/mol. The van der Waals surface area contributed by atoms with Gasteiger partial charge in [-0.15, -0.1) is 0 Å². The molecule has 1 aromatic heterocycles. The summed E-state index contributed by atoms with van der Waals surface area (Å²) in [6.45, 7) is 1.89. The molecule has 1 aromatic carbocycles. The maximum Gasteiger partial charge on any atom is 0.417 e. The Morgan fingerprint density at radius 1 is 1.03 bits per heavy atom. The Hall–Kier alpha value is -2.42. The molecule has 0 spiro atoms. The molecule has 0 amide bonds. The van der Waals surface area contributed by atoms with E-state index in [1.807, 2.05) is 6.92 Å². The summed E-state index contributed by atoms with van der Waals surface area (Å²) in [6, 6.07) is 3.89. The van der Waals surface area contributed by atoms with Gasteiger partial charge < -0.3 is 10.6 Å². The summed E-state index contributed by atoms with van der Waals surface area (Å²) in [5.41, 5.74) is -0.189. The Morgan fingerprint density at radius 3 is 2.14 bits per heavy atom. The summed E-state index contributed by atoms with van der Waals surface area (Å²) >= 11 is 6.06. The zero-order valence-corrected chi connectivity index (χ0v) is 16.0. The number of nitrogens with zero attached hydrogens (tertiary/aromatic N) is 1. The molecular formula is C19H16ClF6N3. The SMILES string of the molecule is CNc1ccc(C(F)(F)F)cc1N/C(=C1/CC1C)c1ncc(C(F)(F)F)cc1Cl. The monoisotopic (exact) mass is 435 g/mol. The van der Waals surface area contributed by atoms with E-state index < -0.39 is 23.5 Å². The average Bonchev–Trinajstić information content (AvgIpc) is 3.34. The summed E-state index contributed by atoms with van der Waals surface area (Å²) in [5.74, 6) is 0.112. The highest BCUT2D eigenvalue weighted by molar-refractivity contribution is 6.32. The fourth-order valence-electron chi connectivity index (χ4n) is 2.86. The van der Waals surface area contributed by atoms with Crippen molar-refractivity contribution in [1.29, 1.82) is 0 Å². The molecule has 0 aliphatic heterocycles. The topological polar surface area (TPSA) is 37.0 Å². The highest BCUT2D eigenvalue weighted by Gasteiger charge is 2.35. The predicted molar refractivity (Wildman–Crippen MR) is 99.6 cm³/mol. The standard InChI is InChI=1S/C19H16ClF6N3/c1-9-5-12(9)16(17-13(20)6-11(8-28-17)19(24,25)26)29-15-7-10(18(21,22)23)3-4-14(15)27-2/h3-4,6-9,27,29H,5H2,1-2H3/b16-12-. The first-order valence-corrected chi connectivity index (χ1v) is 8.91. The predicted octanol–water partition coefficient (Wildman–Crippen LogP) is 6.68. The van der Waals surface area contributed by atoms with Gasteiger partial charge in [-0.3, -0.25) is 4.98 Å². The Labute approximate surface area is 167 Å². The van der Waals surface area contributed by atoms with Gasteiger partial charge in [-0.1, -0.05) is 18.5 Å². The average molecular weight is 436 g/mol. The lowest BCUT2D eigenvalue weighted by Gasteiger charge is -2.18. The maximum atomic E-state index is 13.1. The second-order valence-corrected chi connectivity index (χ2v) is 7.10. The van der Waals surface area contributed by atoms with Gasteiger partial charge in [-0.05, 0) is 42.2 Å². The van der Waals surface area contributed by atoms with Crippen LogP contribution in [0.25, 0.3) is 5.70 Å². The van der Waals surface area contributed by atoms with Crippen molar-refractivity contribution in [3.8, 4) is 0 Å². The van der Waals surface area contributed by atoms with Gasteiger partial charge in [0, 0.05) is 13.2 Å². The van der Waals surface area contributed by atoms with E-state index in [4.69, 9.17) is 11.6 Å². The van der Waals surface area contributed by atoms with E-state index in [2.05, 4.69) is 15.6 Å². The normalized spacial score (nSPS) is 18.4. The van der Waals surface area contributed by atoms with Gasteiger partial charge in [0.15, 0.2) is 0 Å². The number of rotatable bonds is 4. The maximum absolute atomic E-state index is 13.1. The van der Waals surface area contributed by atoms with Crippen LogP contribution in [0.2, 0.25) is 5.02 Å². The molecule has 1 atom stereocenters. The van der Waals surface area contributed by atoms with Crippen LogP contribution < -0.4 is 10.6 Å². The van der Waals surface area contributed by atoms with Gasteiger partial charge in [0.25, 0.3) is 0 Å². The van der Waals surface area contributed by atoms with Crippen LogP contribution in [0.15, 0.2) is 36.0 Å². The third-order valence-electron chi connectivity index (χ3n) is 4.56. The van der Waals surface area contributed by atoms with Crippen molar-refractivity contribution in [2.75, 3.05) is 17.7 Å². The zero-order valence-electron chi connectivity index (χ0n) is 15.3. The highest BCUT2D eigenvalue weighted by Crippen LogP contribution is 2.45. The van der Waals surface area contributed by atoms with E-state index in [-0.39, 0.29) is 22.3 Å². The number of pyridine rings is 1. The molecule has 3 nitrogen and oxygen atoms in total. The van der Waals surface area contributed by atoms with Gasteiger partial charge in [0.1, 0.15) is 5.69 Å². The largest absolute Gasteiger partial charge is 0.417 e. The van der Waals surface area contributed by atoms with Crippen LogP contribution in [0.1, 0.15) is 30.2 Å². The molecule has 1 aliphatic rings. The molecule has 10 heteroatoms. The molecule has 1 fully saturated rings. The first-order chi connectivity index (χ1) is 13.4. The summed E-state index contributed by atoms with van der Waals surface area (Å²) in [7, 11) is 1.55. The fourth-order valence-corrected chi connectivity index (χ4v) is 3.13. The number of alkyl halides is 6. The van der Waals surface area contributed by atoms with E-state index >= 15 is 0 Å². The second kappa shape index (κ2) is 7.44. The van der Waals surface area contributed by atoms with Crippen molar-refractivity contribution in [1.82, 2.24) is 4.98 Å². The fraction of sp³-hybridized carbons (Fsp3) is 0.316. The van der Waals surface area contributed by atoms with E-state index in [1.165, 1.54) is 6.07 Å². The molecule has 2 N–H and O–H groups in total. The van der Waals surface area contributed by atoms with Crippen molar-refractivity contribution in [2.24, 2.45) is 5.92 Å². The summed E-state index contributed by atoms with van der Waals surface area (Å²) in [6.07, 6.45) is -7.87. The number of anilines is 2. The molecule has 1 aliphatic carbocycles. The number of hydrogen-bond donors (Lipinski definition) is 2. The Bertz CT molecular complexity index is 965. The first kappa shape index (κ1) is 21.3. The van der Waals surface area contributed by atoms with Crippen molar-refractivity contribution in [3.63, 3.8) is 0 Å². The molecule has 1 saturated carbocycles. The Morgan fingerprint density at radius 2 is 1.66 bits per heavy atom. The lowest BCUT2D eigenvalue weighted by molar-refractivity contribution is -0.138. The van der Waals surface area contributed by atoms with E-state index in [0.717, 1.165) is 23.8 Å². The van der Waals surface area contributed by atoms with Gasteiger partial charge in [0.05, 0.1) is 33.2 Å². The quantitative estimate of drug-likeness (QED) is 0.526. The van der Waals surface area contributed by atoms with Crippen LogP contribution in [-0.4, -0.2) is 12.0 Å². The number of allylic oxidation sites excluding steroid dienone is 1. The summed E-state index contributed by atoms with van der Waals surface area (Å²) < 4.78 is 78.0. The third-order valence-corrected chi connectivity index (χ3v) is 4.85. The van der Waals surface area contributed by atoms with Gasteiger partial charge in [-0.2, -0.15) is 26.3 Å². The van der Waals surface area contributed by atoms with E-state index in [0.29, 0.717) is 24.0 Å². The van der Waals surface area contributed by atoms with Crippen molar-refractivity contribution >= 4 is 28.7 Å². The summed E-state index contributed by atoms with van der Waals surface area (Å²) in [4.78, 5) is 3.85. The molecule has 3 rings (SSSR count). The molecule has 0 bridgehead atoms. The van der Waals surface area contributed by atoms with Crippen LogP contribution in [0.5, 0.6) is 0 Å². The number of hydrogen-bond acceptors (Lipinski definition) is 3. The van der Waals surface area contributed by atoms with Crippen LogP contribution in [-0.2, 0) is 12.4 Å². The lowest BCUT2D eigenvalue weighted by Crippen LogP contribution is -2.10. The number of nitrogens with one attached hydrogen (secondary N) is 2. The summed E-state index contributed by atoms with van der Waals surface area (Å²) in [5, 5.41) is 5.45. The minimum atomic E-state index is -4.61. The number of aromatic nitrogens is 1. The highest BCUT2D eigenvalue weighted by atomic mass is 35.5. The van der Waals surface area contributed by atoms with Crippen LogP contribution >= 0.6 is 11.6 Å². The smallest absolute Gasteiger partial charge is 0.386 e. The molecule has 2 aromatic rings.